The van der Waals surface area contributed by atoms with E-state index in [1.807, 2.05) is 0 Å². The topological polar surface area (TPSA) is 55.1 Å². The van der Waals surface area contributed by atoms with E-state index >= 15 is 0 Å². The molecule has 2 aliphatic rings. The second kappa shape index (κ2) is 7.67. The summed E-state index contributed by atoms with van der Waals surface area (Å²) >= 11 is 0. The van der Waals surface area contributed by atoms with Gasteiger partial charge in [-0.05, 0) is 43.1 Å². The van der Waals surface area contributed by atoms with E-state index in [0.29, 0.717) is 0 Å². The van der Waals surface area contributed by atoms with Gasteiger partial charge >= 0.3 is 0 Å². The standard InChI is InChI=1S/C19H28N2O.ClH/c20-19(12-5-2-6-13-19)17(22)21-15-18(10-7-11-18)14-16-8-3-1-4-9-16;/h1,3-4,8-9H,2,5-7,10-15,20H2,(H,21,22);1H. The van der Waals surface area contributed by atoms with Crippen molar-refractivity contribution in [1.29, 1.82) is 0 Å². The number of carbonyl (C=O) groups is 1. The quantitative estimate of drug-likeness (QED) is 0.863. The molecule has 4 heteroatoms. The Morgan fingerprint density at radius 2 is 1.65 bits per heavy atom. The van der Waals surface area contributed by atoms with Gasteiger partial charge in [0.05, 0.1) is 5.54 Å². The first-order valence-corrected chi connectivity index (χ1v) is 8.73. The Morgan fingerprint density at radius 3 is 2.22 bits per heavy atom. The molecule has 0 heterocycles. The fraction of sp³-hybridized carbons (Fsp3) is 0.632. The van der Waals surface area contributed by atoms with Crippen LogP contribution in [-0.4, -0.2) is 18.0 Å². The Bertz CT molecular complexity index is 507. The van der Waals surface area contributed by atoms with Crippen molar-refractivity contribution in [1.82, 2.24) is 5.32 Å². The van der Waals surface area contributed by atoms with Gasteiger partial charge in [0.2, 0.25) is 5.91 Å². The Labute approximate surface area is 145 Å². The summed E-state index contributed by atoms with van der Waals surface area (Å²) in [6, 6.07) is 10.6. The van der Waals surface area contributed by atoms with Crippen LogP contribution in [0.5, 0.6) is 0 Å². The highest BCUT2D eigenvalue weighted by Gasteiger charge is 2.40. The van der Waals surface area contributed by atoms with Crippen LogP contribution in [0.25, 0.3) is 0 Å². The van der Waals surface area contributed by atoms with Crippen molar-refractivity contribution in [2.75, 3.05) is 6.54 Å². The Kier molecular flexibility index (Phi) is 6.10. The molecule has 3 rings (SSSR count). The molecule has 0 aliphatic heterocycles. The molecule has 3 nitrogen and oxygen atoms in total. The molecule has 1 aromatic rings. The normalized spacial score (nSPS) is 21.6. The van der Waals surface area contributed by atoms with E-state index in [9.17, 15) is 4.79 Å². The largest absolute Gasteiger partial charge is 0.354 e. The first-order chi connectivity index (χ1) is 10.6. The zero-order valence-corrected chi connectivity index (χ0v) is 14.7. The van der Waals surface area contributed by atoms with Crippen LogP contribution >= 0.6 is 12.4 Å². The number of nitrogens with one attached hydrogen (secondary N) is 1. The lowest BCUT2D eigenvalue weighted by Crippen LogP contribution is -2.57. The lowest BCUT2D eigenvalue weighted by Gasteiger charge is -2.43. The van der Waals surface area contributed by atoms with Crippen LogP contribution < -0.4 is 11.1 Å². The smallest absolute Gasteiger partial charge is 0.240 e. The number of hydrogen-bond donors (Lipinski definition) is 2. The number of carbonyl (C=O) groups excluding carboxylic acids is 1. The minimum atomic E-state index is -0.615. The van der Waals surface area contributed by atoms with Gasteiger partial charge in [0.1, 0.15) is 0 Å². The average molecular weight is 337 g/mol. The molecular weight excluding hydrogens is 308 g/mol. The average Bonchev–Trinajstić information content (AvgIpc) is 2.51. The van der Waals surface area contributed by atoms with Crippen LogP contribution in [0.1, 0.15) is 56.9 Å². The highest BCUT2D eigenvalue weighted by molar-refractivity contribution is 5.86. The first-order valence-electron chi connectivity index (χ1n) is 8.73. The minimum absolute atomic E-state index is 0. The predicted molar refractivity (Wildman–Crippen MR) is 96.7 cm³/mol. The fourth-order valence-corrected chi connectivity index (χ4v) is 3.98. The first kappa shape index (κ1) is 18.3. The Balaban J connectivity index is 0.00000192. The molecule has 0 unspecified atom stereocenters. The molecule has 2 saturated carbocycles. The van der Waals surface area contributed by atoms with Crippen LogP contribution in [0.3, 0.4) is 0 Å². The van der Waals surface area contributed by atoms with E-state index < -0.39 is 5.54 Å². The zero-order valence-electron chi connectivity index (χ0n) is 13.9. The van der Waals surface area contributed by atoms with Crippen molar-refractivity contribution in [2.24, 2.45) is 11.1 Å². The monoisotopic (exact) mass is 336 g/mol. The lowest BCUT2D eigenvalue weighted by molar-refractivity contribution is -0.128. The van der Waals surface area contributed by atoms with Crippen molar-refractivity contribution >= 4 is 18.3 Å². The number of nitrogens with two attached hydrogens (primary N) is 1. The van der Waals surface area contributed by atoms with Gasteiger partial charge in [0, 0.05) is 6.54 Å². The molecular formula is C19H29ClN2O. The van der Waals surface area contributed by atoms with Crippen LogP contribution in [0, 0.1) is 5.41 Å². The molecule has 23 heavy (non-hydrogen) atoms. The summed E-state index contributed by atoms with van der Waals surface area (Å²) in [5.74, 6) is 0.0755. The molecule has 1 aromatic carbocycles. The maximum absolute atomic E-state index is 12.5. The van der Waals surface area contributed by atoms with Crippen molar-refractivity contribution in [3.05, 3.63) is 35.9 Å². The van der Waals surface area contributed by atoms with Crippen molar-refractivity contribution in [3.8, 4) is 0 Å². The van der Waals surface area contributed by atoms with E-state index in [1.54, 1.807) is 0 Å². The van der Waals surface area contributed by atoms with Crippen molar-refractivity contribution < 1.29 is 4.79 Å². The Morgan fingerprint density at radius 1 is 1.00 bits per heavy atom. The third-order valence-corrected chi connectivity index (χ3v) is 5.66. The maximum atomic E-state index is 12.5. The van der Waals surface area contributed by atoms with Crippen LogP contribution in [0.2, 0.25) is 0 Å². The SMILES string of the molecule is Cl.NC1(C(=O)NCC2(Cc3ccccc3)CCC2)CCCCC1. The van der Waals surface area contributed by atoms with Crippen molar-refractivity contribution in [2.45, 2.75) is 63.3 Å². The summed E-state index contributed by atoms with van der Waals surface area (Å²) in [6.45, 7) is 0.777. The lowest BCUT2D eigenvalue weighted by atomic mass is 9.65. The molecule has 2 aliphatic carbocycles. The summed E-state index contributed by atoms with van der Waals surface area (Å²) in [4.78, 5) is 12.5. The van der Waals surface area contributed by atoms with Gasteiger partial charge in [-0.1, -0.05) is 56.0 Å². The predicted octanol–water partition coefficient (Wildman–Crippen LogP) is 3.60. The Hall–Kier alpha value is -1.06. The van der Waals surface area contributed by atoms with Crippen LogP contribution in [0.15, 0.2) is 30.3 Å². The minimum Gasteiger partial charge on any atom is -0.354 e. The zero-order chi connectivity index (χ0) is 15.5. The van der Waals surface area contributed by atoms with Gasteiger partial charge in [-0.3, -0.25) is 4.79 Å². The molecule has 0 radical (unpaired) electrons. The number of amides is 1. The molecule has 0 saturated heterocycles. The molecule has 2 fully saturated rings. The summed E-state index contributed by atoms with van der Waals surface area (Å²) in [6.07, 6.45) is 9.80. The fourth-order valence-electron chi connectivity index (χ4n) is 3.98. The third kappa shape index (κ3) is 4.27. The summed E-state index contributed by atoms with van der Waals surface area (Å²) in [5, 5.41) is 3.19. The van der Waals surface area contributed by atoms with E-state index in [2.05, 4.69) is 35.6 Å². The van der Waals surface area contributed by atoms with Gasteiger partial charge in [0.15, 0.2) is 0 Å². The maximum Gasteiger partial charge on any atom is 0.240 e. The number of hydrogen-bond acceptors (Lipinski definition) is 2. The van der Waals surface area contributed by atoms with E-state index in [0.717, 1.165) is 38.6 Å². The molecule has 0 bridgehead atoms. The van der Waals surface area contributed by atoms with Gasteiger partial charge in [-0.25, -0.2) is 0 Å². The molecule has 1 amide bonds. The van der Waals surface area contributed by atoms with Gasteiger partial charge in [0.25, 0.3) is 0 Å². The van der Waals surface area contributed by atoms with Crippen molar-refractivity contribution in [3.63, 3.8) is 0 Å². The van der Waals surface area contributed by atoms with E-state index in [4.69, 9.17) is 5.73 Å². The third-order valence-electron chi connectivity index (χ3n) is 5.66. The highest BCUT2D eigenvalue weighted by atomic mass is 35.5. The summed E-state index contributed by atoms with van der Waals surface area (Å²) in [5.41, 5.74) is 7.34. The molecule has 3 N–H and O–H groups in total. The number of rotatable bonds is 5. The van der Waals surface area contributed by atoms with Crippen LogP contribution in [0.4, 0.5) is 0 Å². The van der Waals surface area contributed by atoms with Gasteiger partial charge < -0.3 is 11.1 Å². The summed E-state index contributed by atoms with van der Waals surface area (Å²) < 4.78 is 0. The van der Waals surface area contributed by atoms with Gasteiger partial charge in [-0.2, -0.15) is 0 Å². The molecule has 128 valence electrons. The number of benzene rings is 1. The molecule has 0 aromatic heterocycles. The second-order valence-electron chi connectivity index (χ2n) is 7.42. The second-order valence-corrected chi connectivity index (χ2v) is 7.42. The van der Waals surface area contributed by atoms with Gasteiger partial charge in [-0.15, -0.1) is 12.4 Å². The molecule has 0 spiro atoms. The summed E-state index contributed by atoms with van der Waals surface area (Å²) in [7, 11) is 0. The molecule has 0 atom stereocenters. The van der Waals surface area contributed by atoms with Crippen LogP contribution in [-0.2, 0) is 11.2 Å². The van der Waals surface area contributed by atoms with E-state index in [-0.39, 0.29) is 23.7 Å². The van der Waals surface area contributed by atoms with E-state index in [1.165, 1.54) is 31.2 Å². The highest BCUT2D eigenvalue weighted by Crippen LogP contribution is 2.43. The number of halogens is 1.